The van der Waals surface area contributed by atoms with Gasteiger partial charge in [-0.2, -0.15) is 0 Å². The number of anilines is 3. The molecule has 0 atom stereocenters. The lowest BCUT2D eigenvalue weighted by Crippen LogP contribution is -2.50. The highest BCUT2D eigenvalue weighted by Gasteiger charge is 2.26. The molecule has 1 fully saturated rings. The highest BCUT2D eigenvalue weighted by molar-refractivity contribution is 6.08. The zero-order valence-corrected chi connectivity index (χ0v) is 27.8. The fraction of sp³-hybridized carbons (Fsp3) is 0.286. The zero-order chi connectivity index (χ0) is 35.3. The summed E-state index contributed by atoms with van der Waals surface area (Å²) in [6.07, 6.45) is -0.211. The van der Waals surface area contributed by atoms with Crippen LogP contribution in [0.2, 0.25) is 0 Å². The first-order chi connectivity index (χ1) is 23.4. The Labute approximate surface area is 283 Å². The van der Waals surface area contributed by atoms with E-state index in [4.69, 9.17) is 14.2 Å². The number of carbonyl (C=O) groups is 4. The molecule has 1 saturated heterocycles. The predicted molar refractivity (Wildman–Crippen MR) is 184 cm³/mol. The van der Waals surface area contributed by atoms with Crippen LogP contribution in [0.3, 0.4) is 0 Å². The predicted octanol–water partition coefficient (Wildman–Crippen LogP) is 6.59. The Balaban J connectivity index is 1.36. The van der Waals surface area contributed by atoms with Gasteiger partial charge in [0.25, 0.3) is 5.91 Å². The molecule has 0 unspecified atom stereocenters. The minimum Gasteiger partial charge on any atom is -0.492 e. The Morgan fingerprint density at radius 2 is 1.43 bits per heavy atom. The van der Waals surface area contributed by atoms with Crippen molar-refractivity contribution < 1.29 is 38.5 Å². The topological polar surface area (TPSA) is 172 Å². The second-order valence-electron chi connectivity index (χ2n) is 12.2. The summed E-state index contributed by atoms with van der Waals surface area (Å²) in [5, 5.41) is 19.0. The number of nitrogens with zero attached hydrogens (tertiary/aromatic N) is 3. The smallest absolute Gasteiger partial charge is 0.411 e. The molecule has 14 heteroatoms. The molecule has 1 aromatic heterocycles. The van der Waals surface area contributed by atoms with Gasteiger partial charge < -0.3 is 39.8 Å². The summed E-state index contributed by atoms with van der Waals surface area (Å²) in [5.41, 5.74) is 1.88. The van der Waals surface area contributed by atoms with Gasteiger partial charge in [0.05, 0.1) is 31.3 Å². The lowest BCUT2D eigenvalue weighted by atomic mass is 9.86. The lowest BCUT2D eigenvalue weighted by Gasteiger charge is -2.32. The molecule has 0 saturated carbocycles. The molecule has 14 nitrogen and oxygen atoms in total. The van der Waals surface area contributed by atoms with Crippen molar-refractivity contribution in [3.63, 3.8) is 0 Å². The van der Waals surface area contributed by atoms with E-state index in [1.165, 1.54) is 25.3 Å². The van der Waals surface area contributed by atoms with Gasteiger partial charge in [-0.25, -0.2) is 14.4 Å². The molecule has 4 aromatic rings. The fourth-order valence-electron chi connectivity index (χ4n) is 5.36. The van der Waals surface area contributed by atoms with E-state index in [-0.39, 0.29) is 48.9 Å². The number of nitrogens with one attached hydrogen (secondary N) is 3. The summed E-state index contributed by atoms with van der Waals surface area (Å²) in [6, 6.07) is 17.0. The molecule has 1 aliphatic rings. The SMILES string of the molecule is COC(=O)Nc1cc(C(C)(C)C)cc(NC(=O)Nc2ccc(Oc3ccnc(C(=O)N4CCN(C(=O)O)CC4)c3)c3ccccc23)c1OC. The maximum atomic E-state index is 13.4. The van der Waals surface area contributed by atoms with Crippen LogP contribution in [0.25, 0.3) is 10.8 Å². The van der Waals surface area contributed by atoms with Gasteiger partial charge in [0, 0.05) is 49.2 Å². The second kappa shape index (κ2) is 14.4. The lowest BCUT2D eigenvalue weighted by molar-refractivity contribution is 0.0619. The van der Waals surface area contributed by atoms with Gasteiger partial charge in [0.15, 0.2) is 5.75 Å². The zero-order valence-electron chi connectivity index (χ0n) is 27.8. The molecule has 256 valence electrons. The normalized spacial score (nSPS) is 13.0. The van der Waals surface area contributed by atoms with Crippen molar-refractivity contribution in [2.24, 2.45) is 0 Å². The molecule has 0 bridgehead atoms. The number of urea groups is 1. The van der Waals surface area contributed by atoms with E-state index < -0.39 is 18.2 Å². The summed E-state index contributed by atoms with van der Waals surface area (Å²) in [5.74, 6) is 0.802. The van der Waals surface area contributed by atoms with Crippen LogP contribution in [0.15, 0.2) is 66.9 Å². The van der Waals surface area contributed by atoms with Gasteiger partial charge >= 0.3 is 18.2 Å². The van der Waals surface area contributed by atoms with E-state index >= 15 is 0 Å². The highest BCUT2D eigenvalue weighted by atomic mass is 16.5. The minimum atomic E-state index is -1.01. The number of carboxylic acid groups (broad SMARTS) is 1. The summed E-state index contributed by atoms with van der Waals surface area (Å²) in [6.45, 7) is 7.01. The maximum absolute atomic E-state index is 13.4. The van der Waals surface area contributed by atoms with Gasteiger partial charge in [-0.05, 0) is 41.3 Å². The monoisotopic (exact) mass is 670 g/mol. The van der Waals surface area contributed by atoms with E-state index in [9.17, 15) is 24.3 Å². The van der Waals surface area contributed by atoms with Crippen molar-refractivity contribution in [1.82, 2.24) is 14.8 Å². The third kappa shape index (κ3) is 7.92. The molecule has 1 aliphatic heterocycles. The molecular weight excluding hydrogens is 632 g/mol. The first-order valence-electron chi connectivity index (χ1n) is 15.5. The first-order valence-corrected chi connectivity index (χ1v) is 15.5. The molecule has 5 rings (SSSR count). The van der Waals surface area contributed by atoms with Crippen LogP contribution in [-0.2, 0) is 10.2 Å². The number of methoxy groups -OCH3 is 2. The third-order valence-corrected chi connectivity index (χ3v) is 7.98. The Morgan fingerprint density at radius 3 is 2.06 bits per heavy atom. The quantitative estimate of drug-likeness (QED) is 0.169. The number of benzene rings is 3. The fourth-order valence-corrected chi connectivity index (χ4v) is 5.36. The molecule has 0 aliphatic carbocycles. The highest BCUT2D eigenvalue weighted by Crippen LogP contribution is 2.39. The first kappa shape index (κ1) is 34.3. The molecular formula is C35H38N6O8. The van der Waals surface area contributed by atoms with E-state index in [1.807, 2.05) is 45.0 Å². The molecule has 0 spiro atoms. The molecule has 5 amide bonds. The van der Waals surface area contributed by atoms with Gasteiger partial charge in [-0.15, -0.1) is 0 Å². The Hall–Kier alpha value is -6.05. The van der Waals surface area contributed by atoms with Crippen LogP contribution in [0.5, 0.6) is 17.2 Å². The summed E-state index contributed by atoms with van der Waals surface area (Å²) < 4.78 is 16.6. The number of pyridine rings is 1. The van der Waals surface area contributed by atoms with E-state index in [1.54, 1.807) is 41.3 Å². The van der Waals surface area contributed by atoms with Crippen molar-refractivity contribution in [2.45, 2.75) is 26.2 Å². The van der Waals surface area contributed by atoms with Crippen LogP contribution >= 0.6 is 0 Å². The Bertz CT molecular complexity index is 1900. The number of aromatic nitrogens is 1. The standard InChI is InChI=1S/C35H38N6O8/c1-35(2,3)21-18-26(30(47-4)27(19-21)39-33(44)48-5)38-32(43)37-25-10-11-29(24-9-7-6-8-23(24)25)49-22-12-13-36-28(20-22)31(42)40-14-16-41(17-15-40)34(45)46/h6-13,18-20H,14-17H2,1-5H3,(H,39,44)(H,45,46)(H2,37,38,43). The Morgan fingerprint density at radius 1 is 0.796 bits per heavy atom. The number of fused-ring (bicyclic) bond motifs is 1. The van der Waals surface area contributed by atoms with Crippen LogP contribution in [0, 0.1) is 0 Å². The number of amides is 5. The Kier molecular flexibility index (Phi) is 10.1. The van der Waals surface area contributed by atoms with Crippen molar-refractivity contribution in [1.29, 1.82) is 0 Å². The number of hydrogen-bond donors (Lipinski definition) is 4. The second-order valence-corrected chi connectivity index (χ2v) is 12.2. The molecule has 4 N–H and O–H groups in total. The van der Waals surface area contributed by atoms with Crippen LogP contribution < -0.4 is 25.4 Å². The molecule has 2 heterocycles. The van der Waals surface area contributed by atoms with Gasteiger partial charge in [0.2, 0.25) is 0 Å². The van der Waals surface area contributed by atoms with E-state index in [0.717, 1.165) is 5.56 Å². The third-order valence-electron chi connectivity index (χ3n) is 7.98. The molecule has 0 radical (unpaired) electrons. The summed E-state index contributed by atoms with van der Waals surface area (Å²) >= 11 is 0. The average Bonchev–Trinajstić information content (AvgIpc) is 3.08. The molecule has 3 aromatic carbocycles. The van der Waals surface area contributed by atoms with Crippen LogP contribution in [0.4, 0.5) is 31.4 Å². The van der Waals surface area contributed by atoms with Crippen molar-refractivity contribution in [3.05, 3.63) is 78.1 Å². The molecule has 49 heavy (non-hydrogen) atoms. The number of hydrogen-bond acceptors (Lipinski definition) is 8. The number of ether oxygens (including phenoxy) is 3. The number of carbonyl (C=O) groups excluding carboxylic acids is 3. The minimum absolute atomic E-state index is 0.177. The summed E-state index contributed by atoms with van der Waals surface area (Å²) in [4.78, 5) is 56.9. The van der Waals surface area contributed by atoms with Crippen LogP contribution in [0.1, 0.15) is 36.8 Å². The maximum Gasteiger partial charge on any atom is 0.411 e. The number of rotatable bonds is 7. The van der Waals surface area contributed by atoms with Gasteiger partial charge in [-0.1, -0.05) is 45.0 Å². The summed E-state index contributed by atoms with van der Waals surface area (Å²) in [7, 11) is 2.70. The number of piperazine rings is 1. The van der Waals surface area contributed by atoms with Crippen molar-refractivity contribution >= 4 is 52.0 Å². The largest absolute Gasteiger partial charge is 0.492 e. The van der Waals surface area contributed by atoms with E-state index in [2.05, 4.69) is 20.9 Å². The van der Waals surface area contributed by atoms with Crippen molar-refractivity contribution in [2.75, 3.05) is 56.3 Å². The van der Waals surface area contributed by atoms with Gasteiger partial charge in [0.1, 0.15) is 17.2 Å². The average molecular weight is 671 g/mol. The van der Waals surface area contributed by atoms with Gasteiger partial charge in [-0.3, -0.25) is 15.1 Å². The van der Waals surface area contributed by atoms with Crippen molar-refractivity contribution in [3.8, 4) is 17.2 Å². The van der Waals surface area contributed by atoms with E-state index in [0.29, 0.717) is 39.3 Å². The van der Waals surface area contributed by atoms with Crippen LogP contribution in [-0.4, -0.2) is 84.4 Å².